The Hall–Kier alpha value is -1.54. The Morgan fingerprint density at radius 3 is 2.62 bits per heavy atom. The summed E-state index contributed by atoms with van der Waals surface area (Å²) >= 11 is 12.0. The first-order valence-corrected chi connectivity index (χ1v) is 7.56. The lowest BCUT2D eigenvalue weighted by atomic mass is 10.3. The molecule has 2 rings (SSSR count). The molecule has 24 heavy (non-hydrogen) atoms. The molecular weight excluding hydrogens is 377 g/mol. The second-order valence-electron chi connectivity index (χ2n) is 5.04. The van der Waals surface area contributed by atoms with Gasteiger partial charge in [-0.3, -0.25) is 0 Å². The summed E-state index contributed by atoms with van der Waals surface area (Å²) in [6, 6.07) is 4.98. The van der Waals surface area contributed by atoms with E-state index in [0.717, 1.165) is 6.54 Å². The number of ether oxygens (including phenoxy) is 1. The minimum absolute atomic E-state index is 0. The van der Waals surface area contributed by atoms with Crippen molar-refractivity contribution in [3.63, 3.8) is 0 Å². The van der Waals surface area contributed by atoms with Crippen LogP contribution in [0.25, 0.3) is 0 Å². The maximum Gasteiger partial charge on any atom is 0.362 e. The third-order valence-corrected chi connectivity index (χ3v) is 3.51. The van der Waals surface area contributed by atoms with Crippen LogP contribution in [-0.2, 0) is 11.3 Å². The van der Waals surface area contributed by atoms with Gasteiger partial charge in [-0.2, -0.15) is 4.80 Å². The summed E-state index contributed by atoms with van der Waals surface area (Å²) in [6.45, 7) is 1.27. The number of carbonyl (C=O) groups excluding carboxylic acids is 1. The third kappa shape index (κ3) is 5.24. The van der Waals surface area contributed by atoms with Crippen LogP contribution in [0.15, 0.2) is 18.2 Å². The maximum atomic E-state index is 11.9. The average molecular weight is 395 g/mol. The largest absolute Gasteiger partial charge is 0.464 e. The van der Waals surface area contributed by atoms with Gasteiger partial charge in [0, 0.05) is 11.6 Å². The highest BCUT2D eigenvalue weighted by molar-refractivity contribution is 6.36. The van der Waals surface area contributed by atoms with E-state index in [-0.39, 0.29) is 23.9 Å². The number of hydrogen-bond donors (Lipinski definition) is 1. The monoisotopic (exact) mass is 393 g/mol. The van der Waals surface area contributed by atoms with Gasteiger partial charge in [0.1, 0.15) is 0 Å². The summed E-state index contributed by atoms with van der Waals surface area (Å²) in [4.78, 5) is 15.3. The lowest BCUT2D eigenvalue weighted by molar-refractivity contribution is 0.0594. The van der Waals surface area contributed by atoms with Crippen LogP contribution in [0.3, 0.4) is 0 Å². The van der Waals surface area contributed by atoms with Gasteiger partial charge in [-0.1, -0.05) is 23.2 Å². The maximum absolute atomic E-state index is 11.9. The Balaban J connectivity index is 0.00000288. The molecule has 132 valence electrons. The molecule has 0 saturated carbocycles. The Morgan fingerprint density at radius 1 is 1.33 bits per heavy atom. The van der Waals surface area contributed by atoms with E-state index in [1.54, 1.807) is 18.2 Å². The molecule has 0 saturated heterocycles. The second-order valence-corrected chi connectivity index (χ2v) is 5.88. The fraction of sp³-hybridized carbons (Fsp3) is 0.357. The van der Waals surface area contributed by atoms with Gasteiger partial charge in [0.2, 0.25) is 5.69 Å². The molecule has 0 aliphatic heterocycles. The predicted molar refractivity (Wildman–Crippen MR) is 96.9 cm³/mol. The number of nitrogens with zero attached hydrogens (tertiary/aromatic N) is 4. The average Bonchev–Trinajstić information content (AvgIpc) is 2.90. The van der Waals surface area contributed by atoms with Gasteiger partial charge in [-0.15, -0.1) is 22.6 Å². The zero-order valence-corrected chi connectivity index (χ0v) is 15.7. The zero-order valence-electron chi connectivity index (χ0n) is 13.4. The summed E-state index contributed by atoms with van der Waals surface area (Å²) in [5.41, 5.74) is 0.665. The summed E-state index contributed by atoms with van der Waals surface area (Å²) < 4.78 is 4.74. The van der Waals surface area contributed by atoms with E-state index in [1.165, 1.54) is 11.9 Å². The van der Waals surface area contributed by atoms with E-state index < -0.39 is 5.97 Å². The molecule has 10 heteroatoms. The second kappa shape index (κ2) is 9.08. The molecular formula is C14H18Cl3N5O2. The lowest BCUT2D eigenvalue weighted by Crippen LogP contribution is -2.20. The predicted octanol–water partition coefficient (Wildman–Crippen LogP) is 3.10. The van der Waals surface area contributed by atoms with E-state index >= 15 is 0 Å². The highest BCUT2D eigenvalue weighted by Gasteiger charge is 2.20. The van der Waals surface area contributed by atoms with Crippen LogP contribution in [0, 0.1) is 0 Å². The van der Waals surface area contributed by atoms with Gasteiger partial charge in [-0.25, -0.2) is 4.79 Å². The lowest BCUT2D eigenvalue weighted by Gasteiger charge is -2.08. The van der Waals surface area contributed by atoms with Gasteiger partial charge < -0.3 is 15.0 Å². The Kier molecular flexibility index (Phi) is 7.75. The number of methoxy groups -OCH3 is 1. The minimum atomic E-state index is -0.575. The molecule has 0 unspecified atom stereocenters. The molecule has 0 radical (unpaired) electrons. The number of anilines is 2. The molecule has 0 bridgehead atoms. The molecule has 0 aliphatic rings. The molecule has 0 atom stereocenters. The quantitative estimate of drug-likeness (QED) is 0.759. The van der Waals surface area contributed by atoms with Gasteiger partial charge in [0.25, 0.3) is 0 Å². The van der Waals surface area contributed by atoms with Gasteiger partial charge in [0.05, 0.1) is 24.4 Å². The number of hydrogen-bond acceptors (Lipinski definition) is 6. The molecule has 0 amide bonds. The van der Waals surface area contributed by atoms with Crippen molar-refractivity contribution in [1.82, 2.24) is 19.9 Å². The van der Waals surface area contributed by atoms with Crippen LogP contribution in [0.1, 0.15) is 10.5 Å². The van der Waals surface area contributed by atoms with Gasteiger partial charge in [-0.05, 0) is 32.3 Å². The number of benzene rings is 1. The minimum Gasteiger partial charge on any atom is -0.464 e. The van der Waals surface area contributed by atoms with Gasteiger partial charge in [0.15, 0.2) is 5.82 Å². The molecule has 0 aliphatic carbocycles. The van der Waals surface area contributed by atoms with Crippen LogP contribution < -0.4 is 5.32 Å². The number of aromatic nitrogens is 3. The zero-order chi connectivity index (χ0) is 17.0. The van der Waals surface area contributed by atoms with E-state index in [9.17, 15) is 4.79 Å². The number of esters is 1. The first-order valence-electron chi connectivity index (χ1n) is 6.81. The molecule has 0 fully saturated rings. The highest BCUT2D eigenvalue weighted by Crippen LogP contribution is 2.28. The Morgan fingerprint density at radius 2 is 2.04 bits per heavy atom. The molecule has 1 N–H and O–H groups in total. The number of rotatable bonds is 6. The molecule has 0 spiro atoms. The van der Waals surface area contributed by atoms with Crippen molar-refractivity contribution in [1.29, 1.82) is 0 Å². The number of nitrogens with one attached hydrogen (secondary N) is 1. The van der Waals surface area contributed by atoms with Crippen molar-refractivity contribution < 1.29 is 9.53 Å². The normalized spacial score (nSPS) is 10.4. The topological polar surface area (TPSA) is 72.3 Å². The standard InChI is InChI=1S/C14H17Cl2N5O2.ClH/c1-20(2)6-7-21-18-12(14(22)23-3)13(19-21)17-11-5-4-9(15)8-10(11)16;/h4-5,8H,6-7H2,1-3H3,(H,17,19);1H. The van der Waals surface area contributed by atoms with Crippen LogP contribution in [0.5, 0.6) is 0 Å². The third-order valence-electron chi connectivity index (χ3n) is 2.97. The smallest absolute Gasteiger partial charge is 0.362 e. The molecule has 2 aromatic rings. The van der Waals surface area contributed by atoms with Crippen molar-refractivity contribution >= 4 is 53.1 Å². The van der Waals surface area contributed by atoms with Crippen molar-refractivity contribution in [2.75, 3.05) is 33.1 Å². The molecule has 1 aromatic heterocycles. The van der Waals surface area contributed by atoms with Crippen LogP contribution in [-0.4, -0.2) is 53.6 Å². The Labute approximate surface area is 156 Å². The van der Waals surface area contributed by atoms with E-state index in [4.69, 9.17) is 27.9 Å². The van der Waals surface area contributed by atoms with Crippen molar-refractivity contribution in [2.24, 2.45) is 0 Å². The fourth-order valence-electron chi connectivity index (χ4n) is 1.77. The molecule has 7 nitrogen and oxygen atoms in total. The number of carbonyl (C=O) groups is 1. The van der Waals surface area contributed by atoms with E-state index in [2.05, 4.69) is 15.5 Å². The van der Waals surface area contributed by atoms with E-state index in [1.807, 2.05) is 19.0 Å². The number of likely N-dealkylation sites (N-methyl/N-ethyl adjacent to an activating group) is 1. The number of halogens is 3. The summed E-state index contributed by atoms with van der Waals surface area (Å²) in [5, 5.41) is 12.4. The van der Waals surface area contributed by atoms with Crippen molar-refractivity contribution in [3.8, 4) is 0 Å². The Bertz CT molecular complexity index is 706. The first-order chi connectivity index (χ1) is 10.9. The highest BCUT2D eigenvalue weighted by atomic mass is 35.5. The molecule has 1 aromatic carbocycles. The molecule has 1 heterocycles. The van der Waals surface area contributed by atoms with Crippen LogP contribution in [0.4, 0.5) is 11.5 Å². The first kappa shape index (κ1) is 20.5. The summed E-state index contributed by atoms with van der Waals surface area (Å²) in [6.07, 6.45) is 0. The summed E-state index contributed by atoms with van der Waals surface area (Å²) in [7, 11) is 5.18. The SMILES string of the molecule is COC(=O)c1nn(CCN(C)C)nc1Nc1ccc(Cl)cc1Cl.Cl. The summed E-state index contributed by atoms with van der Waals surface area (Å²) in [5.74, 6) is -0.298. The van der Waals surface area contributed by atoms with Crippen LogP contribution in [0.2, 0.25) is 10.0 Å². The van der Waals surface area contributed by atoms with Gasteiger partial charge >= 0.3 is 5.97 Å². The van der Waals surface area contributed by atoms with E-state index in [0.29, 0.717) is 22.3 Å². The van der Waals surface area contributed by atoms with Crippen LogP contribution >= 0.6 is 35.6 Å². The van der Waals surface area contributed by atoms with Crippen molar-refractivity contribution in [3.05, 3.63) is 33.9 Å². The fourth-order valence-corrected chi connectivity index (χ4v) is 2.23. The van der Waals surface area contributed by atoms with Crippen molar-refractivity contribution in [2.45, 2.75) is 6.54 Å².